The number of carbonyl (C=O) groups is 2. The SMILES string of the molecule is COc1ccc(N2C(=O)C[C@@H]([NH+]3CC[NH+]([C@H]4CCc5ccccc5C4)CC3)C2=O)cc1. The van der Waals surface area contributed by atoms with Gasteiger partial charge in [0, 0.05) is 12.8 Å². The summed E-state index contributed by atoms with van der Waals surface area (Å²) in [5.74, 6) is 0.570. The van der Waals surface area contributed by atoms with Gasteiger partial charge in [0.2, 0.25) is 5.91 Å². The van der Waals surface area contributed by atoms with Crippen LogP contribution in [0.25, 0.3) is 0 Å². The summed E-state index contributed by atoms with van der Waals surface area (Å²) in [5.41, 5.74) is 3.66. The van der Waals surface area contributed by atoms with Crippen molar-refractivity contribution in [1.82, 2.24) is 0 Å². The largest absolute Gasteiger partial charge is 0.497 e. The second-order valence-electron chi connectivity index (χ2n) is 9.05. The van der Waals surface area contributed by atoms with Crippen molar-refractivity contribution in [3.8, 4) is 5.75 Å². The zero-order chi connectivity index (χ0) is 21.4. The molecule has 6 heteroatoms. The third kappa shape index (κ3) is 3.86. The Morgan fingerprint density at radius 3 is 2.26 bits per heavy atom. The Labute approximate surface area is 183 Å². The van der Waals surface area contributed by atoms with Crippen molar-refractivity contribution in [3.05, 3.63) is 59.7 Å². The van der Waals surface area contributed by atoms with Crippen LogP contribution < -0.4 is 19.4 Å². The van der Waals surface area contributed by atoms with E-state index in [0.717, 1.165) is 38.3 Å². The Kier molecular flexibility index (Phi) is 5.50. The average molecular weight is 422 g/mol. The number of amides is 2. The van der Waals surface area contributed by atoms with Gasteiger partial charge in [0.1, 0.15) is 31.9 Å². The number of quaternary nitrogens is 2. The lowest BCUT2D eigenvalue weighted by Gasteiger charge is -2.37. The highest BCUT2D eigenvalue weighted by molar-refractivity contribution is 6.21. The second kappa shape index (κ2) is 8.44. The third-order valence-corrected chi connectivity index (χ3v) is 7.43. The number of fused-ring (bicyclic) bond motifs is 1. The number of nitrogens with one attached hydrogen (secondary N) is 2. The van der Waals surface area contributed by atoms with Crippen LogP contribution in [0.5, 0.6) is 5.75 Å². The normalized spacial score (nSPS) is 28.5. The summed E-state index contributed by atoms with van der Waals surface area (Å²) in [5, 5.41) is 0. The molecule has 6 nitrogen and oxygen atoms in total. The van der Waals surface area contributed by atoms with E-state index in [1.807, 2.05) is 0 Å². The van der Waals surface area contributed by atoms with E-state index in [4.69, 9.17) is 4.74 Å². The van der Waals surface area contributed by atoms with Gasteiger partial charge in [-0.15, -0.1) is 0 Å². The van der Waals surface area contributed by atoms with Crippen LogP contribution >= 0.6 is 0 Å². The number of ether oxygens (including phenoxy) is 1. The van der Waals surface area contributed by atoms with E-state index in [1.165, 1.54) is 33.8 Å². The van der Waals surface area contributed by atoms with Crippen LogP contribution in [0.3, 0.4) is 0 Å². The van der Waals surface area contributed by atoms with Gasteiger partial charge in [-0.3, -0.25) is 9.59 Å². The van der Waals surface area contributed by atoms with Crippen molar-refractivity contribution in [3.63, 3.8) is 0 Å². The summed E-state index contributed by atoms with van der Waals surface area (Å²) < 4.78 is 5.19. The summed E-state index contributed by atoms with van der Waals surface area (Å²) in [7, 11) is 1.61. The van der Waals surface area contributed by atoms with Gasteiger partial charge in [-0.05, 0) is 41.8 Å². The second-order valence-corrected chi connectivity index (χ2v) is 9.05. The fourth-order valence-corrected chi connectivity index (χ4v) is 5.65. The number of piperazine rings is 1. The molecule has 1 aliphatic carbocycles. The fraction of sp³-hybridized carbons (Fsp3) is 0.440. The molecule has 31 heavy (non-hydrogen) atoms. The van der Waals surface area contributed by atoms with E-state index in [9.17, 15) is 9.59 Å². The smallest absolute Gasteiger partial charge is 0.292 e. The van der Waals surface area contributed by atoms with E-state index >= 15 is 0 Å². The number of rotatable bonds is 4. The predicted octanol–water partition coefficient (Wildman–Crippen LogP) is -0.332. The molecule has 2 saturated heterocycles. The quantitative estimate of drug-likeness (QED) is 0.665. The standard InChI is InChI=1S/C25H29N3O3/c1-31-22-10-8-20(9-11-22)28-24(29)17-23(25(28)30)27-14-12-26(13-15-27)21-7-6-18-4-2-3-5-19(18)16-21/h2-5,8-11,21,23H,6-7,12-17H2,1H3/p+2/t21-,23+/m0/s1. The highest BCUT2D eigenvalue weighted by Crippen LogP contribution is 2.24. The van der Waals surface area contributed by atoms with Crippen LogP contribution in [0.4, 0.5) is 5.69 Å². The lowest BCUT2D eigenvalue weighted by molar-refractivity contribution is -1.03. The molecule has 162 valence electrons. The Balaban J connectivity index is 1.21. The summed E-state index contributed by atoms with van der Waals surface area (Å²) in [6.07, 6.45) is 3.89. The molecular weight excluding hydrogens is 390 g/mol. The van der Waals surface area contributed by atoms with E-state index in [2.05, 4.69) is 24.3 Å². The van der Waals surface area contributed by atoms with Crippen molar-refractivity contribution in [1.29, 1.82) is 0 Å². The Morgan fingerprint density at radius 1 is 0.871 bits per heavy atom. The van der Waals surface area contributed by atoms with Gasteiger partial charge in [0.05, 0.1) is 25.3 Å². The first-order chi connectivity index (χ1) is 15.1. The maximum Gasteiger partial charge on any atom is 0.292 e. The minimum atomic E-state index is -0.247. The first-order valence-electron chi connectivity index (χ1n) is 11.4. The minimum Gasteiger partial charge on any atom is -0.497 e. The lowest BCUT2D eigenvalue weighted by Crippen LogP contribution is -3.31. The minimum absolute atomic E-state index is 0.0554. The molecule has 2 aliphatic heterocycles. The monoisotopic (exact) mass is 421 g/mol. The van der Waals surface area contributed by atoms with Crippen molar-refractivity contribution in [2.45, 2.75) is 37.8 Å². The number of imide groups is 1. The summed E-state index contributed by atoms with van der Waals surface area (Å²) in [6.45, 7) is 4.05. The molecule has 0 bridgehead atoms. The van der Waals surface area contributed by atoms with Crippen LogP contribution in [0, 0.1) is 0 Å². The van der Waals surface area contributed by atoms with Gasteiger partial charge in [-0.2, -0.15) is 0 Å². The van der Waals surface area contributed by atoms with Crippen LogP contribution in [-0.4, -0.2) is 57.2 Å². The number of benzene rings is 2. The molecule has 2 heterocycles. The molecule has 0 unspecified atom stereocenters. The number of methoxy groups -OCH3 is 1. The average Bonchev–Trinajstić information content (AvgIpc) is 3.12. The molecule has 2 aromatic rings. The van der Waals surface area contributed by atoms with Crippen LogP contribution in [0.2, 0.25) is 0 Å². The van der Waals surface area contributed by atoms with Crippen molar-refractivity contribution in [2.75, 3.05) is 38.2 Å². The van der Waals surface area contributed by atoms with Crippen LogP contribution in [-0.2, 0) is 22.4 Å². The molecule has 0 saturated carbocycles. The molecule has 2 atom stereocenters. The molecule has 0 radical (unpaired) electrons. The Morgan fingerprint density at radius 2 is 1.55 bits per heavy atom. The van der Waals surface area contributed by atoms with E-state index in [0.29, 0.717) is 18.2 Å². The number of nitrogens with zero attached hydrogens (tertiary/aromatic N) is 1. The van der Waals surface area contributed by atoms with E-state index < -0.39 is 0 Å². The Bertz CT molecular complexity index is 966. The molecule has 2 N–H and O–H groups in total. The topological polar surface area (TPSA) is 55.5 Å². The van der Waals surface area contributed by atoms with Gasteiger partial charge < -0.3 is 14.5 Å². The summed E-state index contributed by atoms with van der Waals surface area (Å²) >= 11 is 0. The summed E-state index contributed by atoms with van der Waals surface area (Å²) in [4.78, 5) is 30.1. The molecular formula is C25H31N3O3+2. The highest BCUT2D eigenvalue weighted by atomic mass is 16.5. The zero-order valence-corrected chi connectivity index (χ0v) is 18.1. The summed E-state index contributed by atoms with van der Waals surface area (Å²) in [6, 6.07) is 16.4. The maximum atomic E-state index is 13.1. The van der Waals surface area contributed by atoms with Crippen molar-refractivity contribution in [2.24, 2.45) is 0 Å². The predicted molar refractivity (Wildman–Crippen MR) is 118 cm³/mol. The molecule has 2 amide bonds. The molecule has 5 rings (SSSR count). The van der Waals surface area contributed by atoms with E-state index in [-0.39, 0.29) is 17.9 Å². The number of hydrogen-bond donors (Lipinski definition) is 2. The fourth-order valence-electron chi connectivity index (χ4n) is 5.65. The zero-order valence-electron chi connectivity index (χ0n) is 18.1. The van der Waals surface area contributed by atoms with Gasteiger partial charge >= 0.3 is 0 Å². The van der Waals surface area contributed by atoms with Gasteiger partial charge in [0.15, 0.2) is 6.04 Å². The maximum absolute atomic E-state index is 13.1. The Hall–Kier alpha value is -2.70. The molecule has 2 fully saturated rings. The van der Waals surface area contributed by atoms with Gasteiger partial charge in [-0.1, -0.05) is 24.3 Å². The molecule has 0 aromatic heterocycles. The lowest BCUT2D eigenvalue weighted by atomic mass is 9.87. The number of aryl methyl sites for hydroxylation is 1. The molecule has 2 aromatic carbocycles. The molecule has 0 spiro atoms. The van der Waals surface area contributed by atoms with Gasteiger partial charge in [0.25, 0.3) is 5.91 Å². The number of anilines is 1. The first-order valence-corrected chi connectivity index (χ1v) is 11.4. The third-order valence-electron chi connectivity index (χ3n) is 7.43. The highest BCUT2D eigenvalue weighted by Gasteiger charge is 2.47. The van der Waals surface area contributed by atoms with Crippen LogP contribution in [0.15, 0.2) is 48.5 Å². The van der Waals surface area contributed by atoms with Crippen molar-refractivity contribution < 1.29 is 24.1 Å². The van der Waals surface area contributed by atoms with Crippen LogP contribution in [0.1, 0.15) is 24.0 Å². The van der Waals surface area contributed by atoms with Gasteiger partial charge in [-0.25, -0.2) is 4.90 Å². The molecule has 3 aliphatic rings. The number of carbonyl (C=O) groups excluding carboxylic acids is 2. The number of hydrogen-bond acceptors (Lipinski definition) is 3. The van der Waals surface area contributed by atoms with Crippen molar-refractivity contribution >= 4 is 17.5 Å². The first kappa shape index (κ1) is 20.2. The van der Waals surface area contributed by atoms with E-state index in [1.54, 1.807) is 36.3 Å².